The maximum Gasteiger partial charge on any atom is 0.474 e. The van der Waals surface area contributed by atoms with Crippen LogP contribution in [0.5, 0.6) is 5.75 Å². The molecule has 0 aliphatic carbocycles. The molecule has 26 heavy (non-hydrogen) atoms. The summed E-state index contributed by atoms with van der Waals surface area (Å²) in [6.07, 6.45) is -0.553. The van der Waals surface area contributed by atoms with Crippen LogP contribution in [0, 0.1) is 0 Å². The molecule has 1 amide bonds. The Morgan fingerprint density at radius 3 is 2.19 bits per heavy atom. The molecule has 3 N–H and O–H groups in total. The van der Waals surface area contributed by atoms with Crippen molar-refractivity contribution < 1.29 is 38.0 Å². The van der Waals surface area contributed by atoms with Crippen molar-refractivity contribution in [1.29, 1.82) is 0 Å². The third-order valence-electron chi connectivity index (χ3n) is 3.24. The molecule has 0 unspecified atom stereocenters. The summed E-state index contributed by atoms with van der Waals surface area (Å²) in [6.45, 7) is 0.452. The molecule has 0 radical (unpaired) electrons. The summed E-state index contributed by atoms with van der Waals surface area (Å²) >= 11 is 0. The van der Waals surface area contributed by atoms with E-state index in [2.05, 4.69) is 4.52 Å². The van der Waals surface area contributed by atoms with Gasteiger partial charge in [-0.05, 0) is 17.7 Å². The monoisotopic (exact) mass is 877 g/mol. The maximum atomic E-state index is 12.0. The van der Waals surface area contributed by atoms with Gasteiger partial charge in [0.15, 0.2) is 6.73 Å². The van der Waals surface area contributed by atoms with Crippen LogP contribution in [0.3, 0.4) is 0 Å². The van der Waals surface area contributed by atoms with Crippen LogP contribution < -0.4 is 4.74 Å². The van der Waals surface area contributed by atoms with Crippen molar-refractivity contribution in [3.63, 3.8) is 0 Å². The zero-order valence-electron chi connectivity index (χ0n) is 14.5. The number of aliphatic hydroxyl groups excluding tert-OH is 1. The Morgan fingerprint density at radius 2 is 1.73 bits per heavy atom. The average molecular weight is 877 g/mol. The molecule has 1 aromatic carbocycles. The van der Waals surface area contributed by atoms with Crippen molar-refractivity contribution in [3.05, 3.63) is 29.8 Å². The van der Waals surface area contributed by atoms with Crippen LogP contribution in [0.25, 0.3) is 0 Å². The number of carbonyl (C=O) groups is 1. The molecule has 0 spiro atoms. The third kappa shape index (κ3) is 8.97. The summed E-state index contributed by atoms with van der Waals surface area (Å²) in [6, 6.07) is 6.49. The molecule has 0 atom stereocenters. The van der Waals surface area contributed by atoms with Crippen LogP contribution in [-0.4, -0.2) is 71.3 Å². The number of quaternary nitrogens is 1. The fourth-order valence-corrected chi connectivity index (χ4v) is 2.11. The van der Waals surface area contributed by atoms with E-state index in [1.807, 2.05) is 0 Å². The topological polar surface area (TPSA) is 117 Å². The van der Waals surface area contributed by atoms with Gasteiger partial charge in [-0.15, -0.1) is 0 Å². The number of likely N-dealkylation sites (N-methyl/N-ethyl adjacent to an activating group) is 2. The predicted octanol–water partition coefficient (Wildman–Crippen LogP) is 0.753. The Balaban J connectivity index is 0. The summed E-state index contributed by atoms with van der Waals surface area (Å²) in [5.41, 5.74) is 0.715. The Morgan fingerprint density at radius 1 is 1.19 bits per heavy atom. The van der Waals surface area contributed by atoms with E-state index in [1.165, 1.54) is 4.90 Å². The number of rotatable bonds is 8. The Hall–Kier alpha value is -3.48. The van der Waals surface area contributed by atoms with Gasteiger partial charge in [0.1, 0.15) is 5.75 Å². The zero-order valence-corrected chi connectivity index (χ0v) is 20.2. The van der Waals surface area contributed by atoms with Crippen LogP contribution in [0.15, 0.2) is 24.3 Å². The second kappa shape index (κ2) is 9.73. The standard InChI is InChI=1S/C14H23N2O7P.2Fm/c1-15(8-9-16(2,3)11-22-24(19,20)21)14(18)23-13-6-4-12(10-17)5-7-13;;/h4-7,17H,8-11H2,1-3H3,(H-,19,20,21);;/p+1. The van der Waals surface area contributed by atoms with Gasteiger partial charge in [-0.3, -0.25) is 0 Å². The molecule has 9 nitrogen and oxygen atoms in total. The smallest absolute Gasteiger partial charge is 0.410 e. The summed E-state index contributed by atoms with van der Waals surface area (Å²) < 4.78 is 20.6. The first kappa shape index (κ1) is 24.8. The minimum Gasteiger partial charge on any atom is -0.410 e. The van der Waals surface area contributed by atoms with Gasteiger partial charge >= 0.3 is 13.9 Å². The Labute approximate surface area is 140 Å². The van der Waals surface area contributed by atoms with Crippen LogP contribution in [0.1, 0.15) is 5.56 Å². The molecule has 0 heterocycles. The molecule has 0 fully saturated rings. The molecule has 0 aliphatic rings. The van der Waals surface area contributed by atoms with E-state index in [0.29, 0.717) is 24.4 Å². The van der Waals surface area contributed by atoms with E-state index >= 15 is 0 Å². The number of nitrogens with zero attached hydrogens (tertiary/aromatic N) is 2. The van der Waals surface area contributed by atoms with Crippen molar-refractivity contribution in [2.45, 2.75) is 6.61 Å². The Kier molecular flexibility index (Phi) is 9.27. The minimum absolute atomic E-state index is 0. The first-order valence-corrected chi connectivity index (χ1v) is 8.70. The largest absolute Gasteiger partial charge is 0.474 e. The summed E-state index contributed by atoms with van der Waals surface area (Å²) in [7, 11) is 0.493. The van der Waals surface area contributed by atoms with Crippen LogP contribution >= 0.6 is 7.82 Å². The average Bonchev–Trinajstić information content (AvgIpc) is 2.51. The first-order valence-electron chi connectivity index (χ1n) is 7.17. The predicted molar refractivity (Wildman–Crippen MR) is 86.0 cm³/mol. The normalized spacial score (nSPS) is 11.2. The van der Waals surface area contributed by atoms with E-state index in [1.54, 1.807) is 45.4 Å². The second-order valence-corrected chi connectivity index (χ2v) is 7.24. The fourth-order valence-electron chi connectivity index (χ4n) is 1.65. The van der Waals surface area contributed by atoms with Gasteiger partial charge in [-0.1, -0.05) is 12.1 Å². The Bertz CT molecular complexity index is 595. The second-order valence-electron chi connectivity index (χ2n) is 6.00. The van der Waals surface area contributed by atoms with Gasteiger partial charge in [0.05, 0.1) is 33.8 Å². The van der Waals surface area contributed by atoms with Crippen LogP contribution in [0.2, 0.25) is 0 Å². The van der Waals surface area contributed by atoms with E-state index < -0.39 is 13.9 Å². The quantitative estimate of drug-likeness (QED) is 0.201. The van der Waals surface area contributed by atoms with E-state index in [-0.39, 0.29) is 17.8 Å². The number of aliphatic hydroxyl groups is 1. The zero-order chi connectivity index (χ0) is 18.4. The molecule has 0 bridgehead atoms. The van der Waals surface area contributed by atoms with E-state index in [9.17, 15) is 9.36 Å². The van der Waals surface area contributed by atoms with Crippen molar-refractivity contribution >= 4 is 13.9 Å². The van der Waals surface area contributed by atoms with Crippen LogP contribution in [0.4, 0.5) is 4.79 Å². The van der Waals surface area contributed by atoms with Crippen LogP contribution in [-0.2, 0) is 15.7 Å². The van der Waals surface area contributed by atoms with Crippen molar-refractivity contribution in [2.24, 2.45) is 0 Å². The van der Waals surface area contributed by atoms with Gasteiger partial charge in [-0.25, -0.2) is 13.9 Å². The number of phosphoric acid groups is 1. The fraction of sp³-hybridized carbons (Fsp3) is 0.500. The number of phosphoric ester groups is 1. The minimum atomic E-state index is -4.52. The molecule has 160 valence electrons. The number of benzene rings is 1. The molecule has 0 aromatic heterocycles. The SMILES string of the molecule is CN(CC[N+](C)(C)COP(=O)(O)O)C(=O)Oc1ccc(CO)cc1.[Fm].[Fm]. The van der Waals surface area contributed by atoms with E-state index in [4.69, 9.17) is 19.6 Å². The van der Waals surface area contributed by atoms with Gasteiger partial charge in [-0.2, -0.15) is 0 Å². The van der Waals surface area contributed by atoms with Crippen molar-refractivity contribution in [3.8, 4) is 5.75 Å². The van der Waals surface area contributed by atoms with Crippen molar-refractivity contribution in [1.82, 2.24) is 4.90 Å². The summed E-state index contributed by atoms with van der Waals surface area (Å²) in [4.78, 5) is 30.8. The molecule has 1 rings (SSSR count). The maximum absolute atomic E-state index is 12.0. The summed E-state index contributed by atoms with van der Waals surface area (Å²) in [5.74, 6) is 0.364. The molecule has 0 saturated carbocycles. The number of hydrogen-bond acceptors (Lipinski definition) is 5. The molecular formula is C14H24Fm2N2O7P+. The molecule has 1 aromatic rings. The molecule has 0 saturated heterocycles. The number of ether oxygens (including phenoxy) is 1. The number of hydrogen-bond donors (Lipinski definition) is 3. The molecular weight excluding hydrogens is 853 g/mol. The van der Waals surface area contributed by atoms with Gasteiger partial charge in [0.25, 0.3) is 0 Å². The van der Waals surface area contributed by atoms with Crippen molar-refractivity contribution in [2.75, 3.05) is 41.0 Å². The first-order chi connectivity index (χ1) is 11.0. The van der Waals surface area contributed by atoms with Gasteiger partial charge in [0, 0.05) is 7.05 Å². The number of amides is 1. The van der Waals surface area contributed by atoms with Gasteiger partial charge in [0.2, 0.25) is 0 Å². The summed E-state index contributed by atoms with van der Waals surface area (Å²) in [5, 5.41) is 8.96. The third-order valence-corrected chi connectivity index (χ3v) is 3.69. The van der Waals surface area contributed by atoms with Gasteiger partial charge < -0.3 is 29.0 Å². The van der Waals surface area contributed by atoms with E-state index in [0.717, 1.165) is 0 Å². The molecule has 0 aliphatic heterocycles. The number of carbonyl (C=O) groups excluding carboxylic acids is 1. The molecule has 12 heteroatoms.